The number of nitrogens with one attached hydrogen (secondary N) is 4. The molecule has 0 saturated heterocycles. The van der Waals surface area contributed by atoms with Gasteiger partial charge in [-0.25, -0.2) is 9.80 Å². The molecule has 1 aromatic carbocycles. The average Bonchev–Trinajstić information content (AvgIpc) is 2.94. The van der Waals surface area contributed by atoms with Crippen LogP contribution in [0.25, 0.3) is 0 Å². The molecular formula is C32H47N5O11. The molecule has 0 bridgehead atoms. The van der Waals surface area contributed by atoms with Gasteiger partial charge >= 0.3 is 23.9 Å². The fourth-order valence-corrected chi connectivity index (χ4v) is 3.77. The van der Waals surface area contributed by atoms with E-state index < -0.39 is 96.2 Å². The van der Waals surface area contributed by atoms with Crippen molar-refractivity contribution in [1.29, 1.82) is 0 Å². The normalized spacial score (nSPS) is 12.5. The van der Waals surface area contributed by atoms with Crippen molar-refractivity contribution >= 4 is 47.4 Å². The number of benzene rings is 1. The Hall–Kier alpha value is -5.02. The van der Waals surface area contributed by atoms with Gasteiger partial charge in [-0.05, 0) is 53.0 Å². The summed E-state index contributed by atoms with van der Waals surface area (Å²) in [5.74, 6) is -7.14. The smallest absolute Gasteiger partial charge is 0.408 e. The van der Waals surface area contributed by atoms with Gasteiger partial charge in [0.2, 0.25) is 17.6 Å². The number of amides is 5. The zero-order chi connectivity index (χ0) is 36.8. The molecule has 266 valence electrons. The zero-order valence-electron chi connectivity index (χ0n) is 28.9. The second-order valence-electron chi connectivity index (χ2n) is 13.1. The SMILES string of the molecule is CC(=O)C(=O)N(CC(=O)OC(C)(C)C)NC(=O)C(NC(=O)CNC(=O)[C@H](CC(=O)OC(C)(C)C)NC(=O)OCc1ccccc1)C(C)C. The molecule has 16 heteroatoms. The van der Waals surface area contributed by atoms with E-state index in [1.165, 1.54) is 0 Å². The van der Waals surface area contributed by atoms with Crippen LogP contribution < -0.4 is 21.4 Å². The van der Waals surface area contributed by atoms with Gasteiger partial charge in [-0.2, -0.15) is 0 Å². The Morgan fingerprint density at radius 2 is 1.35 bits per heavy atom. The van der Waals surface area contributed by atoms with E-state index in [2.05, 4.69) is 21.4 Å². The first-order chi connectivity index (χ1) is 22.1. The summed E-state index contributed by atoms with van der Waals surface area (Å²) in [6.45, 7) is 12.2. The van der Waals surface area contributed by atoms with Crippen molar-refractivity contribution in [1.82, 2.24) is 26.4 Å². The molecule has 0 aliphatic heterocycles. The number of hydrogen-bond acceptors (Lipinski definition) is 11. The number of carbonyl (C=O) groups is 8. The first-order valence-electron chi connectivity index (χ1n) is 15.2. The van der Waals surface area contributed by atoms with E-state index in [0.29, 0.717) is 10.6 Å². The third kappa shape index (κ3) is 16.5. The summed E-state index contributed by atoms with van der Waals surface area (Å²) in [5.41, 5.74) is 1.07. The standard InChI is InChI=1S/C32H47N5O11/c1-19(2)26(28(43)36-37(29(44)20(3)38)17-25(41)48-32(7,8)9)35-23(39)16-33-27(42)22(15-24(40)47-31(4,5)6)34-30(45)46-18-21-13-11-10-12-14-21/h10-14,19,22,26H,15-18H2,1-9H3,(H,33,42)(H,34,45)(H,35,39)(H,36,43)/t22-,26?/m0/s1. The van der Waals surface area contributed by atoms with E-state index in [4.69, 9.17) is 14.2 Å². The summed E-state index contributed by atoms with van der Waals surface area (Å²) in [5, 5.41) is 7.52. The average molecular weight is 678 g/mol. The molecule has 0 radical (unpaired) electrons. The zero-order valence-corrected chi connectivity index (χ0v) is 28.9. The highest BCUT2D eigenvalue weighted by molar-refractivity contribution is 6.35. The molecule has 0 heterocycles. The Balaban J connectivity index is 2.95. The van der Waals surface area contributed by atoms with E-state index in [9.17, 15) is 38.4 Å². The summed E-state index contributed by atoms with van der Waals surface area (Å²) in [6.07, 6.45) is -1.58. The van der Waals surface area contributed by atoms with Gasteiger partial charge < -0.3 is 30.2 Å². The predicted octanol–water partition coefficient (Wildman–Crippen LogP) is 1.06. The van der Waals surface area contributed by atoms with E-state index in [0.717, 1.165) is 6.92 Å². The maximum atomic E-state index is 13.1. The Morgan fingerprint density at radius 3 is 1.88 bits per heavy atom. The lowest BCUT2D eigenvalue weighted by atomic mass is 10.0. The number of Topliss-reactive ketones (excluding diaryl/α,β-unsaturated/α-hetero) is 1. The Bertz CT molecular complexity index is 1330. The van der Waals surface area contributed by atoms with Gasteiger partial charge in [0.25, 0.3) is 5.91 Å². The number of hydrogen-bond donors (Lipinski definition) is 4. The largest absolute Gasteiger partial charge is 0.460 e. The second kappa shape index (κ2) is 18.4. The molecule has 0 spiro atoms. The molecule has 5 amide bonds. The van der Waals surface area contributed by atoms with Crippen molar-refractivity contribution in [3.05, 3.63) is 35.9 Å². The van der Waals surface area contributed by atoms with Gasteiger partial charge in [0, 0.05) is 6.92 Å². The number of carbonyl (C=O) groups excluding carboxylic acids is 8. The first-order valence-corrected chi connectivity index (χ1v) is 15.2. The van der Waals surface area contributed by atoms with Crippen molar-refractivity contribution in [2.75, 3.05) is 13.1 Å². The highest BCUT2D eigenvalue weighted by Crippen LogP contribution is 2.11. The first kappa shape index (κ1) is 41.0. The van der Waals surface area contributed by atoms with E-state index in [-0.39, 0.29) is 6.61 Å². The van der Waals surface area contributed by atoms with Crippen molar-refractivity contribution < 1.29 is 52.6 Å². The van der Waals surface area contributed by atoms with Gasteiger partial charge in [0.1, 0.15) is 36.4 Å². The molecule has 0 aromatic heterocycles. The topological polar surface area (TPSA) is 216 Å². The lowest BCUT2D eigenvalue weighted by molar-refractivity contribution is -0.162. The summed E-state index contributed by atoms with van der Waals surface area (Å²) in [6, 6.07) is 5.95. The molecule has 0 saturated carbocycles. The molecule has 1 unspecified atom stereocenters. The minimum atomic E-state index is -1.49. The van der Waals surface area contributed by atoms with Crippen LogP contribution in [-0.4, -0.2) is 88.8 Å². The molecule has 1 rings (SSSR count). The molecule has 0 aliphatic carbocycles. The maximum Gasteiger partial charge on any atom is 0.408 e. The minimum Gasteiger partial charge on any atom is -0.460 e. The molecule has 1 aromatic rings. The van der Waals surface area contributed by atoms with Crippen LogP contribution >= 0.6 is 0 Å². The van der Waals surface area contributed by atoms with Crippen molar-refractivity contribution in [2.45, 2.75) is 98.6 Å². The number of nitrogens with zero attached hydrogens (tertiary/aromatic N) is 1. The number of rotatable bonds is 14. The summed E-state index contributed by atoms with van der Waals surface area (Å²) < 4.78 is 15.6. The second-order valence-corrected chi connectivity index (χ2v) is 13.1. The molecule has 4 N–H and O–H groups in total. The number of ether oxygens (including phenoxy) is 3. The van der Waals surface area contributed by atoms with Gasteiger partial charge in [0.05, 0.1) is 13.0 Å². The van der Waals surface area contributed by atoms with Crippen LogP contribution in [0.4, 0.5) is 4.79 Å². The van der Waals surface area contributed by atoms with E-state index in [1.807, 2.05) is 0 Å². The van der Waals surface area contributed by atoms with Crippen LogP contribution in [0.3, 0.4) is 0 Å². The summed E-state index contributed by atoms with van der Waals surface area (Å²) in [7, 11) is 0. The van der Waals surface area contributed by atoms with Crippen molar-refractivity contribution in [2.24, 2.45) is 5.92 Å². The predicted molar refractivity (Wildman–Crippen MR) is 170 cm³/mol. The third-order valence-electron chi connectivity index (χ3n) is 5.80. The maximum absolute atomic E-state index is 13.1. The van der Waals surface area contributed by atoms with Gasteiger partial charge in [-0.1, -0.05) is 44.2 Å². The van der Waals surface area contributed by atoms with Crippen LogP contribution in [0.5, 0.6) is 0 Å². The van der Waals surface area contributed by atoms with Crippen molar-refractivity contribution in [3.8, 4) is 0 Å². The molecule has 16 nitrogen and oxygen atoms in total. The molecule has 0 fully saturated rings. The van der Waals surface area contributed by atoms with Gasteiger partial charge in [-0.15, -0.1) is 0 Å². The Labute approximate surface area is 279 Å². The lowest BCUT2D eigenvalue weighted by Crippen LogP contribution is -2.59. The molecular weight excluding hydrogens is 630 g/mol. The van der Waals surface area contributed by atoms with Gasteiger partial charge in [0.15, 0.2) is 0 Å². The van der Waals surface area contributed by atoms with Crippen molar-refractivity contribution in [3.63, 3.8) is 0 Å². The highest BCUT2D eigenvalue weighted by Gasteiger charge is 2.32. The van der Waals surface area contributed by atoms with Gasteiger partial charge in [-0.3, -0.25) is 39.0 Å². The highest BCUT2D eigenvalue weighted by atomic mass is 16.6. The number of alkyl carbamates (subject to hydrolysis) is 1. The fourth-order valence-electron chi connectivity index (χ4n) is 3.77. The molecule has 2 atom stereocenters. The molecule has 0 aliphatic rings. The summed E-state index contributed by atoms with van der Waals surface area (Å²) >= 11 is 0. The fraction of sp³-hybridized carbons (Fsp3) is 0.562. The quantitative estimate of drug-likeness (QED) is 0.0945. The number of ketones is 1. The van der Waals surface area contributed by atoms with Crippen LogP contribution in [0, 0.1) is 5.92 Å². The molecule has 48 heavy (non-hydrogen) atoms. The third-order valence-corrected chi connectivity index (χ3v) is 5.80. The monoisotopic (exact) mass is 677 g/mol. The number of hydrazine groups is 1. The van der Waals surface area contributed by atoms with E-state index >= 15 is 0 Å². The summed E-state index contributed by atoms with van der Waals surface area (Å²) in [4.78, 5) is 100. The van der Waals surface area contributed by atoms with E-state index in [1.54, 1.807) is 85.7 Å². The van der Waals surface area contributed by atoms with Crippen LogP contribution in [0.2, 0.25) is 0 Å². The Kier molecular flexibility index (Phi) is 15.7. The minimum absolute atomic E-state index is 0.109. The van der Waals surface area contributed by atoms with Crippen LogP contribution in [0.1, 0.15) is 74.3 Å². The lowest BCUT2D eigenvalue weighted by Gasteiger charge is -2.28. The number of esters is 2. The van der Waals surface area contributed by atoms with Crippen LogP contribution in [-0.2, 0) is 54.4 Å². The Morgan fingerprint density at radius 1 is 0.792 bits per heavy atom. The van der Waals surface area contributed by atoms with Crippen LogP contribution in [0.15, 0.2) is 30.3 Å².